The Hall–Kier alpha value is -2.12. The maximum Gasteiger partial charge on any atom is 0.406 e. The quantitative estimate of drug-likeness (QED) is 0.581. The van der Waals surface area contributed by atoms with Gasteiger partial charge >= 0.3 is 6.18 Å². The highest BCUT2D eigenvalue weighted by atomic mass is 32.2. The molecule has 160 valence electrons. The van der Waals surface area contributed by atoms with Crippen molar-refractivity contribution in [2.24, 2.45) is 0 Å². The molecule has 1 aliphatic rings. The summed E-state index contributed by atoms with van der Waals surface area (Å²) >= 11 is 0. The van der Waals surface area contributed by atoms with Gasteiger partial charge in [-0.3, -0.25) is 0 Å². The average molecular weight is 435 g/mol. The Morgan fingerprint density at radius 2 is 1.77 bits per heavy atom. The summed E-state index contributed by atoms with van der Waals surface area (Å²) in [5.41, 5.74) is 5.39. The van der Waals surface area contributed by atoms with Gasteiger partial charge in [0.15, 0.2) is 0 Å². The fraction of sp³-hybridized carbons (Fsp3) is 0.391. The van der Waals surface area contributed by atoms with Crippen molar-refractivity contribution in [1.82, 2.24) is 9.29 Å². The van der Waals surface area contributed by atoms with Gasteiger partial charge in [-0.05, 0) is 62.8 Å². The Morgan fingerprint density at radius 1 is 1.10 bits per heavy atom. The molecule has 3 aromatic rings. The van der Waals surface area contributed by atoms with Gasteiger partial charge < -0.3 is 4.57 Å². The zero-order valence-corrected chi connectivity index (χ0v) is 18.1. The van der Waals surface area contributed by atoms with E-state index in [9.17, 15) is 17.4 Å². The summed E-state index contributed by atoms with van der Waals surface area (Å²) < 4.78 is 59.1. The third kappa shape index (κ3) is 3.81. The molecule has 0 saturated carbocycles. The van der Waals surface area contributed by atoms with E-state index < -0.39 is 23.2 Å². The molecule has 0 spiro atoms. The predicted molar refractivity (Wildman–Crippen MR) is 114 cm³/mol. The van der Waals surface area contributed by atoms with Crippen molar-refractivity contribution in [2.45, 2.75) is 63.7 Å². The molecular weight excluding hydrogens is 409 g/mol. The number of hydrogen-bond acceptors (Lipinski definition) is 1. The number of halogens is 3. The van der Waals surface area contributed by atoms with Gasteiger partial charge in [-0.1, -0.05) is 35.9 Å². The minimum absolute atomic E-state index is 0.297. The fourth-order valence-corrected chi connectivity index (χ4v) is 5.96. The monoisotopic (exact) mass is 434 g/mol. The van der Waals surface area contributed by atoms with E-state index in [1.807, 2.05) is 43.3 Å². The van der Waals surface area contributed by atoms with Crippen LogP contribution >= 0.6 is 0 Å². The third-order valence-electron chi connectivity index (χ3n) is 5.83. The van der Waals surface area contributed by atoms with Crippen molar-refractivity contribution < 1.29 is 17.4 Å². The van der Waals surface area contributed by atoms with E-state index in [0.717, 1.165) is 58.1 Å². The van der Waals surface area contributed by atoms with Crippen LogP contribution in [0.5, 0.6) is 0 Å². The van der Waals surface area contributed by atoms with Crippen LogP contribution in [0, 0.1) is 20.8 Å². The summed E-state index contributed by atoms with van der Waals surface area (Å²) in [6.07, 6.45) is -1.92. The van der Waals surface area contributed by atoms with Crippen LogP contribution in [0.3, 0.4) is 0 Å². The maximum atomic E-state index is 14.0. The SMILES string of the molecule is Cc1cc(C)c(S(=O)NC(Cn2c3c(c4ccccc42)CCC3)C(F)(F)F)c(C)c1. The molecule has 1 heterocycles. The normalized spacial score (nSPS) is 16.1. The molecule has 0 radical (unpaired) electrons. The van der Waals surface area contributed by atoms with Crippen molar-refractivity contribution in [2.75, 3.05) is 0 Å². The molecule has 0 bridgehead atoms. The van der Waals surface area contributed by atoms with E-state index in [1.54, 1.807) is 18.4 Å². The van der Waals surface area contributed by atoms with Crippen molar-refractivity contribution in [3.8, 4) is 0 Å². The molecule has 2 atom stereocenters. The summed E-state index contributed by atoms with van der Waals surface area (Å²) in [4.78, 5) is 0.428. The van der Waals surface area contributed by atoms with Crippen molar-refractivity contribution >= 4 is 21.9 Å². The predicted octanol–water partition coefficient (Wildman–Crippen LogP) is 5.30. The Labute approximate surface area is 176 Å². The Bertz CT molecular complexity index is 1110. The smallest absolute Gasteiger partial charge is 0.342 e. The van der Waals surface area contributed by atoms with Gasteiger partial charge in [-0.2, -0.15) is 13.2 Å². The highest BCUT2D eigenvalue weighted by Crippen LogP contribution is 2.34. The highest BCUT2D eigenvalue weighted by molar-refractivity contribution is 7.83. The van der Waals surface area contributed by atoms with Gasteiger partial charge in [-0.25, -0.2) is 8.93 Å². The van der Waals surface area contributed by atoms with Gasteiger partial charge in [-0.15, -0.1) is 0 Å². The Balaban J connectivity index is 1.70. The molecule has 0 fully saturated rings. The molecule has 30 heavy (non-hydrogen) atoms. The molecule has 2 aromatic carbocycles. The zero-order chi connectivity index (χ0) is 21.6. The van der Waals surface area contributed by atoms with Crippen molar-refractivity contribution in [1.29, 1.82) is 0 Å². The first-order valence-electron chi connectivity index (χ1n) is 10.1. The standard InChI is InChI=1S/C23H25F3N2OS/c1-14-11-15(2)22(16(3)12-14)30(29)27-21(23(24,25)26)13-28-19-9-5-4-7-17(19)18-8-6-10-20(18)28/h4-5,7,9,11-12,21,27H,6,8,10,13H2,1-3H3. The number of nitrogens with zero attached hydrogens (tertiary/aromatic N) is 1. The molecule has 1 aliphatic carbocycles. The van der Waals surface area contributed by atoms with E-state index >= 15 is 0 Å². The van der Waals surface area contributed by atoms with Gasteiger partial charge in [0.05, 0.1) is 4.90 Å². The number of hydrogen-bond donors (Lipinski definition) is 1. The lowest BCUT2D eigenvalue weighted by Crippen LogP contribution is -2.46. The second-order valence-corrected chi connectivity index (χ2v) is 9.30. The molecule has 4 rings (SSSR count). The van der Waals surface area contributed by atoms with Crippen LogP contribution < -0.4 is 4.72 Å². The lowest BCUT2D eigenvalue weighted by Gasteiger charge is -2.24. The zero-order valence-electron chi connectivity index (χ0n) is 17.3. The molecule has 1 aromatic heterocycles. The molecular formula is C23H25F3N2OS. The van der Waals surface area contributed by atoms with E-state index in [1.165, 1.54) is 0 Å². The average Bonchev–Trinajstić information content (AvgIpc) is 3.22. The fourth-order valence-electron chi connectivity index (χ4n) is 4.67. The van der Waals surface area contributed by atoms with Gasteiger partial charge in [0.1, 0.15) is 17.0 Å². The van der Waals surface area contributed by atoms with Crippen LogP contribution in [-0.2, 0) is 30.4 Å². The van der Waals surface area contributed by atoms with Crippen LogP contribution in [0.4, 0.5) is 13.2 Å². The number of aryl methyl sites for hydroxylation is 4. The second-order valence-electron chi connectivity index (χ2n) is 8.12. The van der Waals surface area contributed by atoms with Crippen molar-refractivity contribution in [3.63, 3.8) is 0 Å². The van der Waals surface area contributed by atoms with Gasteiger partial charge in [0, 0.05) is 23.1 Å². The summed E-state index contributed by atoms with van der Waals surface area (Å²) in [7, 11) is -1.97. The highest BCUT2D eigenvalue weighted by Gasteiger charge is 2.42. The Kier molecular flexibility index (Phi) is 5.53. The lowest BCUT2D eigenvalue weighted by molar-refractivity contribution is -0.153. The van der Waals surface area contributed by atoms with Gasteiger partial charge in [0.2, 0.25) is 0 Å². The molecule has 0 aliphatic heterocycles. The first-order valence-corrected chi connectivity index (χ1v) is 11.2. The number of nitrogens with one attached hydrogen (secondary N) is 1. The number of rotatable bonds is 5. The van der Waals surface area contributed by atoms with Gasteiger partial charge in [0.25, 0.3) is 0 Å². The van der Waals surface area contributed by atoms with Crippen LogP contribution in [-0.4, -0.2) is 21.0 Å². The summed E-state index contributed by atoms with van der Waals surface area (Å²) in [5, 5.41) is 1.03. The van der Waals surface area contributed by atoms with Crippen LogP contribution in [0.25, 0.3) is 10.9 Å². The first kappa shape index (κ1) is 21.1. The number of alkyl halides is 3. The lowest BCUT2D eigenvalue weighted by atomic mass is 10.1. The number of fused-ring (bicyclic) bond motifs is 3. The van der Waals surface area contributed by atoms with E-state index in [2.05, 4.69) is 4.72 Å². The summed E-state index contributed by atoms with van der Waals surface area (Å²) in [6, 6.07) is 9.38. The van der Waals surface area contributed by atoms with Crippen molar-refractivity contribution in [3.05, 3.63) is 64.3 Å². The number of aromatic nitrogens is 1. The minimum atomic E-state index is -4.53. The molecule has 7 heteroatoms. The molecule has 3 nitrogen and oxygen atoms in total. The van der Waals surface area contributed by atoms with E-state index in [-0.39, 0.29) is 6.54 Å². The van der Waals surface area contributed by atoms with Crippen LogP contribution in [0.1, 0.15) is 34.4 Å². The minimum Gasteiger partial charge on any atom is -0.342 e. The molecule has 2 unspecified atom stereocenters. The molecule has 0 saturated heterocycles. The van der Waals surface area contributed by atoms with Crippen LogP contribution in [0.15, 0.2) is 41.3 Å². The summed E-state index contributed by atoms with van der Waals surface area (Å²) in [6.45, 7) is 5.18. The number of benzene rings is 2. The third-order valence-corrected chi connectivity index (χ3v) is 7.35. The maximum absolute atomic E-state index is 14.0. The van der Waals surface area contributed by atoms with E-state index in [0.29, 0.717) is 4.90 Å². The number of para-hydroxylation sites is 1. The first-order chi connectivity index (χ1) is 14.2. The summed E-state index contributed by atoms with van der Waals surface area (Å²) in [5.74, 6) is 0. The van der Waals surface area contributed by atoms with Crippen LogP contribution in [0.2, 0.25) is 0 Å². The van der Waals surface area contributed by atoms with E-state index in [4.69, 9.17) is 0 Å². The molecule has 0 amide bonds. The largest absolute Gasteiger partial charge is 0.406 e. The Morgan fingerprint density at radius 3 is 2.43 bits per heavy atom. The molecule has 1 N–H and O–H groups in total. The second kappa shape index (κ2) is 7.85. The topological polar surface area (TPSA) is 34.0 Å².